The van der Waals surface area contributed by atoms with E-state index in [1.807, 2.05) is 39.0 Å². The second-order valence-corrected chi connectivity index (χ2v) is 5.44. The molecule has 0 bridgehead atoms. The van der Waals surface area contributed by atoms with Crippen molar-refractivity contribution in [1.29, 1.82) is 0 Å². The minimum Gasteiger partial charge on any atom is -0.396 e. The van der Waals surface area contributed by atoms with Crippen LogP contribution in [0.3, 0.4) is 0 Å². The lowest BCUT2D eigenvalue weighted by Gasteiger charge is -2.15. The van der Waals surface area contributed by atoms with E-state index >= 15 is 0 Å². The van der Waals surface area contributed by atoms with E-state index < -0.39 is 11.8 Å². The fourth-order valence-corrected chi connectivity index (χ4v) is 2.24. The minimum absolute atomic E-state index is 0.0764. The Morgan fingerprint density at radius 3 is 2.23 bits per heavy atom. The molecule has 0 heterocycles. The summed E-state index contributed by atoms with van der Waals surface area (Å²) in [7, 11) is 0. The maximum Gasteiger partial charge on any atom is 0.313 e. The highest BCUT2D eigenvalue weighted by Gasteiger charge is 2.17. The van der Waals surface area contributed by atoms with Gasteiger partial charge in [-0.2, -0.15) is 0 Å². The summed E-state index contributed by atoms with van der Waals surface area (Å²) in [5.74, 6) is -1.15. The summed E-state index contributed by atoms with van der Waals surface area (Å²) in [5, 5.41) is 14.2. The molecule has 1 unspecified atom stereocenters. The fraction of sp³-hybridized carbons (Fsp3) is 0.529. The quantitative estimate of drug-likeness (QED) is 0.673. The van der Waals surface area contributed by atoms with Crippen molar-refractivity contribution in [2.45, 2.75) is 40.0 Å². The highest BCUT2D eigenvalue weighted by Crippen LogP contribution is 2.22. The van der Waals surface area contributed by atoms with Gasteiger partial charge in [0.1, 0.15) is 0 Å². The first-order chi connectivity index (χ1) is 10.5. The number of carbonyl (C=O) groups excluding carboxylic acids is 2. The lowest BCUT2D eigenvalue weighted by Crippen LogP contribution is -2.38. The second kappa shape index (κ2) is 9.20. The molecule has 0 aliphatic heterocycles. The number of benzene rings is 1. The maximum absolute atomic E-state index is 12.0. The van der Waals surface area contributed by atoms with Crippen LogP contribution in [0, 0.1) is 5.92 Å². The van der Waals surface area contributed by atoms with E-state index in [1.54, 1.807) is 0 Å². The molecule has 0 aliphatic carbocycles. The Kier molecular flexibility index (Phi) is 7.60. The van der Waals surface area contributed by atoms with Crippen molar-refractivity contribution in [1.82, 2.24) is 5.32 Å². The van der Waals surface area contributed by atoms with Gasteiger partial charge in [-0.3, -0.25) is 9.59 Å². The third kappa shape index (κ3) is 5.15. The minimum atomic E-state index is -0.646. The number of aliphatic hydroxyl groups excluding tert-OH is 1. The van der Waals surface area contributed by atoms with Gasteiger partial charge in [-0.25, -0.2) is 0 Å². The van der Waals surface area contributed by atoms with E-state index in [1.165, 1.54) is 0 Å². The molecule has 22 heavy (non-hydrogen) atoms. The van der Waals surface area contributed by atoms with Crippen LogP contribution in [0.1, 0.15) is 38.3 Å². The Morgan fingerprint density at radius 1 is 1.14 bits per heavy atom. The number of para-hydroxylation sites is 1. The largest absolute Gasteiger partial charge is 0.396 e. The Morgan fingerprint density at radius 2 is 1.73 bits per heavy atom. The summed E-state index contributed by atoms with van der Waals surface area (Å²) in [5.41, 5.74) is 2.79. The van der Waals surface area contributed by atoms with Crippen LogP contribution in [0.25, 0.3) is 0 Å². The number of rotatable bonds is 7. The van der Waals surface area contributed by atoms with E-state index in [0.29, 0.717) is 13.0 Å². The van der Waals surface area contributed by atoms with E-state index in [-0.39, 0.29) is 12.5 Å². The van der Waals surface area contributed by atoms with E-state index in [4.69, 9.17) is 5.11 Å². The number of anilines is 1. The first-order valence-electron chi connectivity index (χ1n) is 7.84. The molecule has 2 amide bonds. The smallest absolute Gasteiger partial charge is 0.313 e. The number of hydrogen-bond donors (Lipinski definition) is 3. The Hall–Kier alpha value is -1.88. The van der Waals surface area contributed by atoms with Gasteiger partial charge in [-0.15, -0.1) is 0 Å². The van der Waals surface area contributed by atoms with Crippen LogP contribution in [-0.4, -0.2) is 30.1 Å². The molecule has 5 nitrogen and oxygen atoms in total. The molecule has 1 atom stereocenters. The summed E-state index contributed by atoms with van der Waals surface area (Å²) >= 11 is 0. The van der Waals surface area contributed by atoms with Gasteiger partial charge in [-0.1, -0.05) is 39.0 Å². The van der Waals surface area contributed by atoms with Gasteiger partial charge in [0.25, 0.3) is 0 Å². The number of nitrogens with one attached hydrogen (secondary N) is 2. The first kappa shape index (κ1) is 18.2. The molecule has 1 rings (SSSR count). The Bertz CT molecular complexity index is 492. The number of amides is 2. The summed E-state index contributed by atoms with van der Waals surface area (Å²) in [6.07, 6.45) is 2.18. The van der Waals surface area contributed by atoms with Crippen LogP contribution in [0.4, 0.5) is 5.69 Å². The lowest BCUT2D eigenvalue weighted by atomic mass is 10.0. The van der Waals surface area contributed by atoms with Gasteiger partial charge in [0.05, 0.1) is 0 Å². The number of aryl methyl sites for hydroxylation is 2. The van der Waals surface area contributed by atoms with Crippen molar-refractivity contribution >= 4 is 17.5 Å². The van der Waals surface area contributed by atoms with Crippen LogP contribution in [0.2, 0.25) is 0 Å². The fourth-order valence-electron chi connectivity index (χ4n) is 2.24. The van der Waals surface area contributed by atoms with Gasteiger partial charge in [-0.05, 0) is 36.3 Å². The van der Waals surface area contributed by atoms with Crippen LogP contribution >= 0.6 is 0 Å². The molecule has 122 valence electrons. The molecule has 0 aliphatic rings. The molecule has 3 N–H and O–H groups in total. The highest BCUT2D eigenvalue weighted by atomic mass is 16.3. The average Bonchev–Trinajstić information content (AvgIpc) is 2.52. The van der Waals surface area contributed by atoms with Crippen molar-refractivity contribution < 1.29 is 14.7 Å². The molecular weight excluding hydrogens is 280 g/mol. The molecular formula is C17H26N2O3. The summed E-state index contributed by atoms with van der Waals surface area (Å²) in [6, 6.07) is 5.87. The molecule has 0 radical (unpaired) electrons. The third-order valence-electron chi connectivity index (χ3n) is 3.68. The van der Waals surface area contributed by atoms with Crippen molar-refractivity contribution in [2.24, 2.45) is 5.92 Å². The Labute approximate surface area is 132 Å². The molecule has 1 aromatic rings. The molecule has 0 spiro atoms. The Balaban J connectivity index is 2.70. The highest BCUT2D eigenvalue weighted by molar-refractivity contribution is 6.39. The topological polar surface area (TPSA) is 78.4 Å². The SMILES string of the molecule is CCc1cccc(CC)c1NC(=O)C(=O)NCC(C)CCO. The van der Waals surface area contributed by atoms with Crippen LogP contribution in [0.15, 0.2) is 18.2 Å². The molecule has 0 fully saturated rings. The standard InChI is InChI=1S/C17H26N2O3/c1-4-13-7-6-8-14(5-2)15(13)19-17(22)16(21)18-11-12(3)9-10-20/h6-8,12,20H,4-5,9-11H2,1-3H3,(H,18,21)(H,19,22). The normalized spacial score (nSPS) is 11.8. The number of hydrogen-bond acceptors (Lipinski definition) is 3. The van der Waals surface area contributed by atoms with Gasteiger partial charge < -0.3 is 15.7 Å². The zero-order valence-corrected chi connectivity index (χ0v) is 13.6. The first-order valence-corrected chi connectivity index (χ1v) is 7.84. The van der Waals surface area contributed by atoms with E-state index in [9.17, 15) is 9.59 Å². The van der Waals surface area contributed by atoms with Crippen LogP contribution in [-0.2, 0) is 22.4 Å². The zero-order chi connectivity index (χ0) is 16.5. The van der Waals surface area contributed by atoms with E-state index in [0.717, 1.165) is 29.7 Å². The molecule has 0 aromatic heterocycles. The second-order valence-electron chi connectivity index (χ2n) is 5.44. The molecule has 0 saturated heterocycles. The van der Waals surface area contributed by atoms with E-state index in [2.05, 4.69) is 10.6 Å². The van der Waals surface area contributed by atoms with Gasteiger partial charge in [0.2, 0.25) is 0 Å². The number of aliphatic hydroxyl groups is 1. The summed E-state index contributed by atoms with van der Waals surface area (Å²) < 4.78 is 0. The lowest BCUT2D eigenvalue weighted by molar-refractivity contribution is -0.136. The van der Waals surface area contributed by atoms with Crippen LogP contribution in [0.5, 0.6) is 0 Å². The number of carbonyl (C=O) groups is 2. The molecule has 0 saturated carbocycles. The van der Waals surface area contributed by atoms with Crippen molar-refractivity contribution in [3.63, 3.8) is 0 Å². The molecule has 5 heteroatoms. The maximum atomic E-state index is 12.0. The van der Waals surface area contributed by atoms with Crippen molar-refractivity contribution in [3.8, 4) is 0 Å². The van der Waals surface area contributed by atoms with Crippen molar-refractivity contribution in [3.05, 3.63) is 29.3 Å². The molecule has 1 aromatic carbocycles. The summed E-state index contributed by atoms with van der Waals surface area (Å²) in [4.78, 5) is 23.9. The summed E-state index contributed by atoms with van der Waals surface area (Å²) in [6.45, 7) is 6.40. The third-order valence-corrected chi connectivity index (χ3v) is 3.68. The van der Waals surface area contributed by atoms with Crippen LogP contribution < -0.4 is 10.6 Å². The predicted molar refractivity (Wildman–Crippen MR) is 87.7 cm³/mol. The monoisotopic (exact) mass is 306 g/mol. The van der Waals surface area contributed by atoms with Crippen molar-refractivity contribution in [2.75, 3.05) is 18.5 Å². The predicted octanol–water partition coefficient (Wildman–Crippen LogP) is 1.88. The van der Waals surface area contributed by atoms with Gasteiger partial charge in [0.15, 0.2) is 0 Å². The van der Waals surface area contributed by atoms with Gasteiger partial charge in [0, 0.05) is 18.8 Å². The average molecular weight is 306 g/mol. The zero-order valence-electron chi connectivity index (χ0n) is 13.6. The van der Waals surface area contributed by atoms with Gasteiger partial charge >= 0.3 is 11.8 Å².